The van der Waals surface area contributed by atoms with E-state index in [1.807, 2.05) is 66.9 Å². The number of aryl methyl sites for hydroxylation is 1. The second-order valence-electron chi connectivity index (χ2n) is 6.90. The molecule has 1 amide bonds. The van der Waals surface area contributed by atoms with Crippen LogP contribution in [-0.2, 0) is 13.2 Å². The quantitative estimate of drug-likeness (QED) is 0.398. The number of nitrogens with one attached hydrogen (secondary N) is 1. The molecule has 4 aromatic rings. The normalized spacial score (nSPS) is 10.7. The van der Waals surface area contributed by atoms with Gasteiger partial charge in [0.1, 0.15) is 12.4 Å². The zero-order valence-electron chi connectivity index (χ0n) is 16.3. The maximum atomic E-state index is 12.6. The fourth-order valence-electron chi connectivity index (χ4n) is 2.95. The van der Waals surface area contributed by atoms with Crippen molar-refractivity contribution in [1.29, 1.82) is 0 Å². The molecule has 5 nitrogen and oxygen atoms in total. The highest BCUT2D eigenvalue weighted by molar-refractivity contribution is 7.12. The third-order valence-corrected chi connectivity index (χ3v) is 5.80. The van der Waals surface area contributed by atoms with Gasteiger partial charge in [0.15, 0.2) is 0 Å². The Hall–Kier alpha value is -3.09. The summed E-state index contributed by atoms with van der Waals surface area (Å²) in [6, 6.07) is 17.4. The molecular formula is C23H20ClN3O2S. The molecule has 0 fully saturated rings. The zero-order chi connectivity index (χ0) is 20.9. The summed E-state index contributed by atoms with van der Waals surface area (Å²) < 4.78 is 7.55. The SMILES string of the molecule is Cc1cccc(OCc2csc(C(=O)Nc3cnn(Cc4ccccc4Cl)c3)c2)c1. The Morgan fingerprint density at radius 1 is 1.20 bits per heavy atom. The third-order valence-electron chi connectivity index (χ3n) is 4.45. The zero-order valence-corrected chi connectivity index (χ0v) is 17.9. The largest absolute Gasteiger partial charge is 0.489 e. The number of carbonyl (C=O) groups excluding carboxylic acids is 1. The molecule has 152 valence electrons. The van der Waals surface area contributed by atoms with Gasteiger partial charge in [-0.1, -0.05) is 41.9 Å². The van der Waals surface area contributed by atoms with E-state index in [2.05, 4.69) is 10.4 Å². The monoisotopic (exact) mass is 437 g/mol. The fourth-order valence-corrected chi connectivity index (χ4v) is 3.94. The van der Waals surface area contributed by atoms with Crippen LogP contribution in [0.2, 0.25) is 5.02 Å². The lowest BCUT2D eigenvalue weighted by Gasteiger charge is -2.05. The lowest BCUT2D eigenvalue weighted by molar-refractivity contribution is 0.103. The van der Waals surface area contributed by atoms with E-state index < -0.39 is 0 Å². The number of halogens is 1. The van der Waals surface area contributed by atoms with Crippen LogP contribution in [0.25, 0.3) is 0 Å². The molecule has 0 saturated carbocycles. The van der Waals surface area contributed by atoms with Crippen LogP contribution < -0.4 is 10.1 Å². The molecular weight excluding hydrogens is 418 g/mol. The molecule has 0 atom stereocenters. The minimum absolute atomic E-state index is 0.168. The van der Waals surface area contributed by atoms with Gasteiger partial charge < -0.3 is 10.1 Å². The number of anilines is 1. The maximum Gasteiger partial charge on any atom is 0.265 e. The molecule has 0 radical (unpaired) electrons. The highest BCUT2D eigenvalue weighted by Gasteiger charge is 2.12. The van der Waals surface area contributed by atoms with Crippen LogP contribution in [-0.4, -0.2) is 15.7 Å². The summed E-state index contributed by atoms with van der Waals surface area (Å²) in [4.78, 5) is 13.2. The number of benzene rings is 2. The van der Waals surface area contributed by atoms with Gasteiger partial charge in [-0.05, 0) is 47.7 Å². The number of ether oxygens (including phenoxy) is 1. The number of rotatable bonds is 7. The summed E-state index contributed by atoms with van der Waals surface area (Å²) in [5.41, 5.74) is 3.71. The third kappa shape index (κ3) is 5.09. The van der Waals surface area contributed by atoms with Crippen LogP contribution in [0.1, 0.15) is 26.4 Å². The van der Waals surface area contributed by atoms with Crippen LogP contribution in [0, 0.1) is 6.92 Å². The number of aromatic nitrogens is 2. The fraction of sp³-hybridized carbons (Fsp3) is 0.130. The van der Waals surface area contributed by atoms with Crippen molar-refractivity contribution >= 4 is 34.5 Å². The molecule has 4 rings (SSSR count). The molecule has 0 aliphatic carbocycles. The summed E-state index contributed by atoms with van der Waals surface area (Å²) in [6.07, 6.45) is 3.42. The lowest BCUT2D eigenvalue weighted by atomic mass is 10.2. The molecule has 0 aliphatic rings. The van der Waals surface area contributed by atoms with E-state index in [-0.39, 0.29) is 5.91 Å². The first-order valence-electron chi connectivity index (χ1n) is 9.41. The van der Waals surface area contributed by atoms with Crippen molar-refractivity contribution in [1.82, 2.24) is 9.78 Å². The molecule has 0 aliphatic heterocycles. The predicted octanol–water partition coefficient (Wildman–Crippen LogP) is 5.79. The van der Waals surface area contributed by atoms with Gasteiger partial charge in [-0.2, -0.15) is 5.10 Å². The van der Waals surface area contributed by atoms with Crippen molar-refractivity contribution in [2.24, 2.45) is 0 Å². The Kier molecular flexibility index (Phi) is 6.16. The van der Waals surface area contributed by atoms with Crippen molar-refractivity contribution < 1.29 is 9.53 Å². The van der Waals surface area contributed by atoms with Gasteiger partial charge in [0.25, 0.3) is 5.91 Å². The van der Waals surface area contributed by atoms with Gasteiger partial charge in [0.2, 0.25) is 0 Å². The van der Waals surface area contributed by atoms with Gasteiger partial charge in [0, 0.05) is 16.8 Å². The molecule has 30 heavy (non-hydrogen) atoms. The van der Waals surface area contributed by atoms with Crippen LogP contribution in [0.3, 0.4) is 0 Å². The topological polar surface area (TPSA) is 56.1 Å². The molecule has 2 aromatic heterocycles. The summed E-state index contributed by atoms with van der Waals surface area (Å²) in [7, 11) is 0. The minimum Gasteiger partial charge on any atom is -0.489 e. The Balaban J connectivity index is 1.34. The molecule has 0 saturated heterocycles. The number of hydrogen-bond acceptors (Lipinski definition) is 4. The molecule has 2 heterocycles. The average molecular weight is 438 g/mol. The minimum atomic E-state index is -0.168. The Labute approximate surface area is 183 Å². The van der Waals surface area contributed by atoms with Gasteiger partial charge in [-0.15, -0.1) is 11.3 Å². The van der Waals surface area contributed by atoms with Crippen molar-refractivity contribution in [3.8, 4) is 5.75 Å². The van der Waals surface area contributed by atoms with Crippen LogP contribution >= 0.6 is 22.9 Å². The summed E-state index contributed by atoms with van der Waals surface area (Å²) in [5, 5.41) is 9.82. The van der Waals surface area contributed by atoms with Crippen molar-refractivity contribution in [3.05, 3.63) is 99.0 Å². The Morgan fingerprint density at radius 3 is 2.90 bits per heavy atom. The first-order valence-corrected chi connectivity index (χ1v) is 10.7. The van der Waals surface area contributed by atoms with E-state index in [4.69, 9.17) is 16.3 Å². The molecule has 0 unspecified atom stereocenters. The second-order valence-corrected chi connectivity index (χ2v) is 8.21. The van der Waals surface area contributed by atoms with Crippen molar-refractivity contribution in [2.45, 2.75) is 20.1 Å². The van der Waals surface area contributed by atoms with Crippen molar-refractivity contribution in [2.75, 3.05) is 5.32 Å². The predicted molar refractivity (Wildman–Crippen MR) is 121 cm³/mol. The van der Waals surface area contributed by atoms with E-state index >= 15 is 0 Å². The van der Waals surface area contributed by atoms with Gasteiger partial charge in [-0.25, -0.2) is 0 Å². The van der Waals surface area contributed by atoms with Gasteiger partial charge >= 0.3 is 0 Å². The Bertz CT molecular complexity index is 1170. The van der Waals surface area contributed by atoms with E-state index in [0.29, 0.717) is 28.7 Å². The summed E-state index contributed by atoms with van der Waals surface area (Å²) >= 11 is 7.59. The maximum absolute atomic E-state index is 12.6. The van der Waals surface area contributed by atoms with Gasteiger partial charge in [0.05, 0.1) is 23.3 Å². The summed E-state index contributed by atoms with van der Waals surface area (Å²) in [5.74, 6) is 0.650. The molecule has 1 N–H and O–H groups in total. The Morgan fingerprint density at radius 2 is 2.07 bits per heavy atom. The van der Waals surface area contributed by atoms with Crippen molar-refractivity contribution in [3.63, 3.8) is 0 Å². The summed E-state index contributed by atoms with van der Waals surface area (Å²) in [6.45, 7) is 2.98. The number of amides is 1. The number of nitrogens with zero attached hydrogens (tertiary/aromatic N) is 2. The van der Waals surface area contributed by atoms with Crippen LogP contribution in [0.4, 0.5) is 5.69 Å². The van der Waals surface area contributed by atoms with E-state index in [1.54, 1.807) is 17.1 Å². The second kappa shape index (κ2) is 9.15. The molecule has 2 aromatic carbocycles. The highest BCUT2D eigenvalue weighted by Crippen LogP contribution is 2.21. The van der Waals surface area contributed by atoms with E-state index in [0.717, 1.165) is 22.4 Å². The first-order chi connectivity index (χ1) is 14.6. The highest BCUT2D eigenvalue weighted by atomic mass is 35.5. The smallest absolute Gasteiger partial charge is 0.265 e. The molecule has 0 bridgehead atoms. The average Bonchev–Trinajstić information content (AvgIpc) is 3.38. The van der Waals surface area contributed by atoms with E-state index in [1.165, 1.54) is 11.3 Å². The lowest BCUT2D eigenvalue weighted by Crippen LogP contribution is -2.09. The van der Waals surface area contributed by atoms with E-state index in [9.17, 15) is 4.79 Å². The number of thiophene rings is 1. The standard InChI is InChI=1S/C23H20ClN3O2S/c1-16-5-4-7-20(9-16)29-14-17-10-22(30-15-17)23(28)26-19-11-25-27(13-19)12-18-6-2-3-8-21(18)24/h2-11,13,15H,12,14H2,1H3,(H,26,28). The number of hydrogen-bond donors (Lipinski definition) is 1. The number of carbonyl (C=O) groups is 1. The van der Waals surface area contributed by atoms with Crippen LogP contribution in [0.5, 0.6) is 5.75 Å². The molecule has 0 spiro atoms. The van der Waals surface area contributed by atoms with Crippen LogP contribution in [0.15, 0.2) is 72.4 Å². The first kappa shape index (κ1) is 20.2. The van der Waals surface area contributed by atoms with Gasteiger partial charge in [-0.3, -0.25) is 9.48 Å². The molecule has 7 heteroatoms.